The van der Waals surface area contributed by atoms with Crippen molar-refractivity contribution in [1.29, 1.82) is 0 Å². The molecule has 0 bridgehead atoms. The molecule has 1 heterocycles. The second-order valence-corrected chi connectivity index (χ2v) is 9.85. The number of carboxylic acid groups (broad SMARTS) is 1. The number of halogens is 3. The topological polar surface area (TPSA) is 158 Å². The van der Waals surface area contributed by atoms with Gasteiger partial charge in [-0.1, -0.05) is 53.0 Å². The maximum atomic E-state index is 12.7. The molecule has 0 aliphatic carbocycles. The molecule has 1 saturated heterocycles. The number of carbonyl (C=O) groups excluding carboxylic acids is 4. The van der Waals surface area contributed by atoms with Crippen LogP contribution in [0.2, 0.25) is 0 Å². The van der Waals surface area contributed by atoms with Crippen LogP contribution in [-0.2, 0) is 33.4 Å². The van der Waals surface area contributed by atoms with E-state index in [2.05, 4.69) is 14.8 Å². The van der Waals surface area contributed by atoms with Gasteiger partial charge in [-0.15, -0.1) is 0 Å². The molecule has 2 unspecified atom stereocenters. The predicted octanol–water partition coefficient (Wildman–Crippen LogP) is 2.16. The Bertz CT molecular complexity index is 1040. The van der Waals surface area contributed by atoms with Gasteiger partial charge in [-0.2, -0.15) is 0 Å². The summed E-state index contributed by atoms with van der Waals surface area (Å²) in [4.78, 5) is 61.2. The number of nitrogens with one attached hydrogen (secondary N) is 1. The Morgan fingerprint density at radius 2 is 1.69 bits per heavy atom. The normalized spacial score (nSPS) is 16.8. The zero-order valence-corrected chi connectivity index (χ0v) is 21.1. The van der Waals surface area contributed by atoms with Crippen molar-refractivity contribution in [2.75, 3.05) is 19.8 Å². The fraction of sp³-hybridized carbons (Fsp3) is 0.381. The molecule has 12 nitrogen and oxygen atoms in total. The van der Waals surface area contributed by atoms with Gasteiger partial charge in [0.05, 0.1) is 0 Å². The molecule has 2 atom stereocenters. The summed E-state index contributed by atoms with van der Waals surface area (Å²) >= 11 is 16.3. The molecule has 15 heteroatoms. The number of carboxylic acids is 1. The Hall–Kier alpha value is -3.22. The van der Waals surface area contributed by atoms with E-state index in [-0.39, 0.29) is 5.57 Å². The van der Waals surface area contributed by atoms with Gasteiger partial charge in [0.2, 0.25) is 10.0 Å². The van der Waals surface area contributed by atoms with E-state index in [0.717, 1.165) is 0 Å². The van der Waals surface area contributed by atoms with Gasteiger partial charge in [0, 0.05) is 0 Å². The van der Waals surface area contributed by atoms with E-state index in [4.69, 9.17) is 44.3 Å². The smallest absolute Gasteiger partial charge is 0.484 e. The van der Waals surface area contributed by atoms with E-state index in [1.165, 1.54) is 13.8 Å². The summed E-state index contributed by atoms with van der Waals surface area (Å²) in [5, 5.41) is 11.8. The maximum Gasteiger partial charge on any atom is 0.508 e. The Kier molecular flexibility index (Phi) is 10.2. The van der Waals surface area contributed by atoms with Crippen LogP contribution >= 0.6 is 34.8 Å². The predicted molar refractivity (Wildman–Crippen MR) is 124 cm³/mol. The number of ether oxygens (including phenoxy) is 4. The van der Waals surface area contributed by atoms with Crippen LogP contribution in [0.25, 0.3) is 0 Å². The Morgan fingerprint density at radius 3 is 2.25 bits per heavy atom. The highest BCUT2D eigenvalue weighted by Gasteiger charge is 2.54. The largest absolute Gasteiger partial charge is 0.508 e. The number of para-hydroxylation sites is 1. The van der Waals surface area contributed by atoms with E-state index < -0.39 is 71.5 Å². The molecule has 0 radical (unpaired) electrons. The maximum absolute atomic E-state index is 12.7. The van der Waals surface area contributed by atoms with Crippen LogP contribution in [0.5, 0.6) is 5.75 Å². The molecular weight excluding hydrogens is 547 g/mol. The van der Waals surface area contributed by atoms with Crippen LogP contribution in [0.3, 0.4) is 0 Å². The van der Waals surface area contributed by atoms with Crippen molar-refractivity contribution in [2.45, 2.75) is 29.9 Å². The summed E-state index contributed by atoms with van der Waals surface area (Å²) in [6.07, 6.45) is -2.90. The number of likely N-dealkylation sites (tertiary alicyclic amines) is 1. The number of rotatable bonds is 10. The van der Waals surface area contributed by atoms with Crippen molar-refractivity contribution in [3.8, 4) is 5.75 Å². The van der Waals surface area contributed by atoms with Gasteiger partial charge < -0.3 is 29.4 Å². The molecule has 2 rings (SSSR count). The lowest BCUT2D eigenvalue weighted by Gasteiger charge is -2.45. The number of allylic oxidation sites excluding steroid dienone is 1. The number of alkyl halides is 3. The minimum atomic E-state index is -1.90. The van der Waals surface area contributed by atoms with Gasteiger partial charge in [0.15, 0.2) is 19.3 Å². The molecular formula is C21H21Cl3N2O10. The zero-order valence-electron chi connectivity index (χ0n) is 18.9. The average Bonchev–Trinajstić information content (AvgIpc) is 2.80. The molecule has 0 aromatic heterocycles. The third kappa shape index (κ3) is 8.47. The van der Waals surface area contributed by atoms with Crippen LogP contribution < -0.4 is 10.1 Å². The quantitative estimate of drug-likeness (QED) is 0.186. The van der Waals surface area contributed by atoms with Crippen LogP contribution in [0, 0.1) is 0 Å². The number of aliphatic carboxylic acids is 1. The first-order chi connectivity index (χ1) is 16.8. The third-order valence-electron chi connectivity index (χ3n) is 4.30. The van der Waals surface area contributed by atoms with Crippen molar-refractivity contribution in [3.05, 3.63) is 41.6 Å². The van der Waals surface area contributed by atoms with E-state index in [9.17, 15) is 29.1 Å². The minimum Gasteiger partial charge on any atom is -0.484 e. The van der Waals surface area contributed by atoms with Crippen molar-refractivity contribution in [1.82, 2.24) is 10.2 Å². The second-order valence-electron chi connectivity index (χ2n) is 7.33. The van der Waals surface area contributed by atoms with Crippen LogP contribution in [0.15, 0.2) is 41.6 Å². The molecule has 36 heavy (non-hydrogen) atoms. The van der Waals surface area contributed by atoms with Gasteiger partial charge >= 0.3 is 18.1 Å². The first-order valence-corrected chi connectivity index (χ1v) is 11.2. The lowest BCUT2D eigenvalue weighted by atomic mass is 10.0. The van der Waals surface area contributed by atoms with Gasteiger partial charge in [0.25, 0.3) is 11.8 Å². The standard InChI is InChI=1S/C21H21Cl3N2O10/c1-11(2)16(19(30)31)26-17(29)15(25-13(27)8-33-12-6-4-3-5-7-12)18(26)36-14(28)9-34-20(32)35-10-21(22,23)24/h3-7,15,18H,8-10H2,1-2H3,(H,25,27)(H,30,31). The van der Waals surface area contributed by atoms with Crippen molar-refractivity contribution < 1.29 is 48.0 Å². The fourth-order valence-corrected chi connectivity index (χ4v) is 3.03. The number of carbonyl (C=O) groups is 5. The third-order valence-corrected chi connectivity index (χ3v) is 4.63. The Labute approximate surface area is 219 Å². The summed E-state index contributed by atoms with van der Waals surface area (Å²) in [5.74, 6) is -3.83. The Morgan fingerprint density at radius 1 is 1.06 bits per heavy atom. The molecule has 2 amide bonds. The summed E-state index contributed by atoms with van der Waals surface area (Å²) in [6.45, 7) is 0.753. The Balaban J connectivity index is 2.05. The van der Waals surface area contributed by atoms with Crippen molar-refractivity contribution in [2.24, 2.45) is 0 Å². The fourth-order valence-electron chi connectivity index (χ4n) is 2.86. The zero-order chi connectivity index (χ0) is 27.0. The molecule has 2 N–H and O–H groups in total. The van der Waals surface area contributed by atoms with E-state index in [1.54, 1.807) is 30.3 Å². The number of benzene rings is 1. The minimum absolute atomic E-state index is 0.223. The summed E-state index contributed by atoms with van der Waals surface area (Å²) in [5.41, 5.74) is -0.229. The van der Waals surface area contributed by atoms with Gasteiger partial charge in [-0.25, -0.2) is 14.4 Å². The summed E-state index contributed by atoms with van der Waals surface area (Å²) in [7, 11) is 0. The number of hydrogen-bond acceptors (Lipinski definition) is 9. The molecule has 1 aliphatic rings. The number of esters is 1. The summed E-state index contributed by atoms with van der Waals surface area (Å²) in [6, 6.07) is 6.93. The lowest BCUT2D eigenvalue weighted by Crippen LogP contribution is -2.72. The molecule has 1 fully saturated rings. The molecule has 0 saturated carbocycles. The summed E-state index contributed by atoms with van der Waals surface area (Å²) < 4.78 is 17.6. The second kappa shape index (κ2) is 12.7. The average molecular weight is 568 g/mol. The van der Waals surface area contributed by atoms with Gasteiger partial charge in [0.1, 0.15) is 18.1 Å². The molecule has 1 aromatic rings. The SMILES string of the molecule is CC(C)=C(C(=O)O)N1C(=O)C(NC(=O)COc2ccccc2)C1OC(=O)COC(=O)OCC(Cl)(Cl)Cl. The van der Waals surface area contributed by atoms with Crippen LogP contribution in [0.1, 0.15) is 13.8 Å². The van der Waals surface area contributed by atoms with Crippen molar-refractivity contribution in [3.63, 3.8) is 0 Å². The number of amides is 2. The molecule has 1 aromatic carbocycles. The van der Waals surface area contributed by atoms with Crippen molar-refractivity contribution >= 4 is 64.7 Å². The van der Waals surface area contributed by atoms with Crippen LogP contribution in [0.4, 0.5) is 4.79 Å². The first-order valence-electron chi connectivity index (χ1n) is 10.1. The lowest BCUT2D eigenvalue weighted by molar-refractivity contribution is -0.191. The number of nitrogens with zero attached hydrogens (tertiary/aromatic N) is 1. The molecule has 0 spiro atoms. The van der Waals surface area contributed by atoms with E-state index >= 15 is 0 Å². The number of hydrogen-bond donors (Lipinski definition) is 2. The van der Waals surface area contributed by atoms with Gasteiger partial charge in [-0.3, -0.25) is 14.5 Å². The molecule has 196 valence electrons. The molecule has 1 aliphatic heterocycles. The number of β-lactam (4-membered cyclic amide) rings is 1. The monoisotopic (exact) mass is 566 g/mol. The highest BCUT2D eigenvalue weighted by Crippen LogP contribution is 2.29. The van der Waals surface area contributed by atoms with E-state index in [0.29, 0.717) is 10.6 Å². The highest BCUT2D eigenvalue weighted by molar-refractivity contribution is 6.67. The van der Waals surface area contributed by atoms with E-state index in [1.807, 2.05) is 0 Å². The van der Waals surface area contributed by atoms with Crippen LogP contribution in [-0.4, -0.2) is 75.8 Å². The van der Waals surface area contributed by atoms with Gasteiger partial charge in [-0.05, 0) is 31.6 Å². The first kappa shape index (κ1) is 29.0. The highest BCUT2D eigenvalue weighted by atomic mass is 35.6.